The van der Waals surface area contributed by atoms with Crippen LogP contribution in [0.4, 0.5) is 5.69 Å². The van der Waals surface area contributed by atoms with Crippen molar-refractivity contribution in [3.8, 4) is 0 Å². The van der Waals surface area contributed by atoms with Gasteiger partial charge in [-0.3, -0.25) is 0 Å². The molecule has 0 aromatic heterocycles. The number of nitrogens with two attached hydrogens (primary N) is 1. The fourth-order valence-electron chi connectivity index (χ4n) is 2.55. The normalized spacial score (nSPS) is 14.3. The number of hydrogen-bond donors (Lipinski definition) is 1. The van der Waals surface area contributed by atoms with Crippen molar-refractivity contribution in [1.29, 1.82) is 0 Å². The summed E-state index contributed by atoms with van der Waals surface area (Å²) in [6.07, 6.45) is 2.51. The molecule has 0 spiro atoms. The molecule has 3 rings (SSSR count). The maximum atomic E-state index is 6.18. The van der Waals surface area contributed by atoms with Gasteiger partial charge in [-0.05, 0) is 36.1 Å². The van der Waals surface area contributed by atoms with Crippen molar-refractivity contribution in [3.63, 3.8) is 0 Å². The topological polar surface area (TPSA) is 29.3 Å². The van der Waals surface area contributed by atoms with Gasteiger partial charge in [0.1, 0.15) is 0 Å². The molecule has 2 aromatic rings. The third-order valence-corrected chi connectivity index (χ3v) is 4.00. The van der Waals surface area contributed by atoms with Crippen molar-refractivity contribution >= 4 is 17.3 Å². The van der Waals surface area contributed by atoms with Crippen LogP contribution in [-0.2, 0) is 13.1 Å². The summed E-state index contributed by atoms with van der Waals surface area (Å²) in [5.74, 6) is 0. The molecule has 0 aliphatic heterocycles. The van der Waals surface area contributed by atoms with Gasteiger partial charge in [-0.2, -0.15) is 0 Å². The molecule has 20 heavy (non-hydrogen) atoms. The molecule has 0 heterocycles. The molecule has 0 saturated heterocycles. The zero-order chi connectivity index (χ0) is 13.9. The maximum Gasteiger partial charge on any atom is 0.0432 e. The van der Waals surface area contributed by atoms with Gasteiger partial charge in [-0.1, -0.05) is 48.0 Å². The van der Waals surface area contributed by atoms with E-state index in [1.54, 1.807) is 0 Å². The lowest BCUT2D eigenvalue weighted by Gasteiger charge is -2.27. The van der Waals surface area contributed by atoms with Crippen molar-refractivity contribution in [3.05, 3.63) is 64.7 Å². The van der Waals surface area contributed by atoms with E-state index >= 15 is 0 Å². The molecule has 0 radical (unpaired) electrons. The van der Waals surface area contributed by atoms with Gasteiger partial charge in [0, 0.05) is 29.8 Å². The second kappa shape index (κ2) is 5.86. The Morgan fingerprint density at radius 1 is 1.10 bits per heavy atom. The smallest absolute Gasteiger partial charge is 0.0432 e. The molecule has 1 aliphatic rings. The standard InChI is InChI=1S/C17H19ClN2/c18-15-7-6-14(11-19)17(10-15)20(16-8-9-16)12-13-4-2-1-3-5-13/h1-7,10,16H,8-9,11-12,19H2. The molecule has 2 aromatic carbocycles. The molecule has 2 N–H and O–H groups in total. The minimum Gasteiger partial charge on any atom is -0.364 e. The number of nitrogens with zero attached hydrogens (tertiary/aromatic N) is 1. The van der Waals surface area contributed by atoms with E-state index in [0.717, 1.165) is 17.1 Å². The van der Waals surface area contributed by atoms with Crippen LogP contribution in [0.5, 0.6) is 0 Å². The first-order chi connectivity index (χ1) is 9.78. The molecule has 0 bridgehead atoms. The van der Waals surface area contributed by atoms with Crippen LogP contribution in [0.1, 0.15) is 24.0 Å². The summed E-state index contributed by atoms with van der Waals surface area (Å²) in [6.45, 7) is 1.46. The van der Waals surface area contributed by atoms with Crippen molar-refractivity contribution in [2.75, 3.05) is 4.90 Å². The average molecular weight is 287 g/mol. The summed E-state index contributed by atoms with van der Waals surface area (Å²) >= 11 is 6.18. The summed E-state index contributed by atoms with van der Waals surface area (Å²) in [7, 11) is 0. The van der Waals surface area contributed by atoms with Crippen LogP contribution >= 0.6 is 11.6 Å². The van der Waals surface area contributed by atoms with Crippen molar-refractivity contribution in [1.82, 2.24) is 0 Å². The van der Waals surface area contributed by atoms with Gasteiger partial charge in [0.05, 0.1) is 0 Å². The lowest BCUT2D eigenvalue weighted by Crippen LogP contribution is -2.26. The van der Waals surface area contributed by atoms with Crippen LogP contribution in [-0.4, -0.2) is 6.04 Å². The fourth-order valence-corrected chi connectivity index (χ4v) is 2.72. The van der Waals surface area contributed by atoms with E-state index in [1.165, 1.54) is 24.1 Å². The van der Waals surface area contributed by atoms with Crippen LogP contribution in [0.3, 0.4) is 0 Å². The molecule has 0 atom stereocenters. The van der Waals surface area contributed by atoms with Gasteiger partial charge in [0.25, 0.3) is 0 Å². The summed E-state index contributed by atoms with van der Waals surface area (Å²) in [6, 6.07) is 17.2. The average Bonchev–Trinajstić information content (AvgIpc) is 3.30. The lowest BCUT2D eigenvalue weighted by molar-refractivity contribution is 0.786. The van der Waals surface area contributed by atoms with Crippen LogP contribution in [0, 0.1) is 0 Å². The Kier molecular flexibility index (Phi) is 3.95. The molecule has 1 fully saturated rings. The third kappa shape index (κ3) is 2.97. The first kappa shape index (κ1) is 13.5. The molecular weight excluding hydrogens is 268 g/mol. The van der Waals surface area contributed by atoms with Gasteiger partial charge in [0.2, 0.25) is 0 Å². The molecule has 0 unspecified atom stereocenters. The Morgan fingerprint density at radius 2 is 1.85 bits per heavy atom. The first-order valence-electron chi connectivity index (χ1n) is 7.07. The van der Waals surface area contributed by atoms with Gasteiger partial charge < -0.3 is 10.6 Å². The van der Waals surface area contributed by atoms with Crippen LogP contribution < -0.4 is 10.6 Å². The molecule has 0 amide bonds. The SMILES string of the molecule is NCc1ccc(Cl)cc1N(Cc1ccccc1)C1CC1. The monoisotopic (exact) mass is 286 g/mol. The van der Waals surface area contributed by atoms with Crippen molar-refractivity contribution in [2.45, 2.75) is 32.0 Å². The Labute approximate surface area is 125 Å². The highest BCUT2D eigenvalue weighted by molar-refractivity contribution is 6.30. The fraction of sp³-hybridized carbons (Fsp3) is 0.294. The molecule has 1 aliphatic carbocycles. The molecule has 3 heteroatoms. The van der Waals surface area contributed by atoms with E-state index in [-0.39, 0.29) is 0 Å². The molecule has 1 saturated carbocycles. The lowest BCUT2D eigenvalue weighted by atomic mass is 10.1. The minimum absolute atomic E-state index is 0.546. The number of anilines is 1. The van der Waals surface area contributed by atoms with E-state index in [2.05, 4.69) is 35.2 Å². The second-order valence-corrected chi connectivity index (χ2v) is 5.76. The number of halogens is 1. The van der Waals surface area contributed by atoms with E-state index in [1.807, 2.05) is 18.2 Å². The Balaban J connectivity index is 1.93. The van der Waals surface area contributed by atoms with Crippen molar-refractivity contribution in [2.24, 2.45) is 5.73 Å². The minimum atomic E-state index is 0.546. The van der Waals surface area contributed by atoms with E-state index in [0.29, 0.717) is 12.6 Å². The first-order valence-corrected chi connectivity index (χ1v) is 7.45. The summed E-state index contributed by atoms with van der Waals surface area (Å²) in [4.78, 5) is 2.45. The summed E-state index contributed by atoms with van der Waals surface area (Å²) in [5, 5.41) is 0.774. The zero-order valence-corrected chi connectivity index (χ0v) is 12.2. The Hall–Kier alpha value is -1.51. The van der Waals surface area contributed by atoms with Gasteiger partial charge >= 0.3 is 0 Å². The Morgan fingerprint density at radius 3 is 2.50 bits per heavy atom. The van der Waals surface area contributed by atoms with Crippen molar-refractivity contribution < 1.29 is 0 Å². The second-order valence-electron chi connectivity index (χ2n) is 5.32. The summed E-state index contributed by atoms with van der Waals surface area (Å²) < 4.78 is 0. The highest BCUT2D eigenvalue weighted by atomic mass is 35.5. The van der Waals surface area contributed by atoms with Gasteiger partial charge in [-0.25, -0.2) is 0 Å². The molecule has 2 nitrogen and oxygen atoms in total. The number of hydrogen-bond acceptors (Lipinski definition) is 2. The predicted octanol–water partition coefficient (Wildman–Crippen LogP) is 3.97. The Bertz CT molecular complexity index is 579. The molecular formula is C17H19ClN2. The number of benzene rings is 2. The quantitative estimate of drug-likeness (QED) is 0.901. The largest absolute Gasteiger partial charge is 0.364 e. The highest BCUT2D eigenvalue weighted by Gasteiger charge is 2.30. The zero-order valence-electron chi connectivity index (χ0n) is 11.4. The predicted molar refractivity (Wildman–Crippen MR) is 85.0 cm³/mol. The van der Waals surface area contributed by atoms with Gasteiger partial charge in [0.15, 0.2) is 0 Å². The van der Waals surface area contributed by atoms with E-state index in [9.17, 15) is 0 Å². The summed E-state index contributed by atoms with van der Waals surface area (Å²) in [5.41, 5.74) is 9.55. The molecule has 104 valence electrons. The van der Waals surface area contributed by atoms with Crippen LogP contribution in [0.15, 0.2) is 48.5 Å². The maximum absolute atomic E-state index is 6.18. The third-order valence-electron chi connectivity index (χ3n) is 3.76. The van der Waals surface area contributed by atoms with E-state index < -0.39 is 0 Å². The highest BCUT2D eigenvalue weighted by Crippen LogP contribution is 2.36. The van der Waals surface area contributed by atoms with Crippen LogP contribution in [0.2, 0.25) is 5.02 Å². The number of rotatable bonds is 5. The van der Waals surface area contributed by atoms with E-state index in [4.69, 9.17) is 17.3 Å². The van der Waals surface area contributed by atoms with Crippen LogP contribution in [0.25, 0.3) is 0 Å². The van der Waals surface area contributed by atoms with Gasteiger partial charge in [-0.15, -0.1) is 0 Å².